The van der Waals surface area contributed by atoms with Crippen molar-refractivity contribution >= 4 is 5.78 Å². The molecule has 0 aromatic heterocycles. The molecule has 2 rings (SSSR count). The maximum atomic E-state index is 12.4. The first-order valence-electron chi connectivity index (χ1n) is 7.49. The fourth-order valence-corrected chi connectivity index (χ4v) is 3.18. The number of nitrogens with zero attached hydrogens (tertiary/aromatic N) is 1. The van der Waals surface area contributed by atoms with Gasteiger partial charge in [0.1, 0.15) is 5.75 Å². The van der Waals surface area contributed by atoms with Gasteiger partial charge in [0.05, 0.1) is 13.7 Å². The highest BCUT2D eigenvalue weighted by Gasteiger charge is 2.26. The number of methoxy groups -OCH3 is 1. The number of rotatable bonds is 5. The van der Waals surface area contributed by atoms with Crippen molar-refractivity contribution in [3.63, 3.8) is 0 Å². The molecule has 110 valence electrons. The van der Waals surface area contributed by atoms with Crippen LogP contribution in [0.1, 0.15) is 43.0 Å². The summed E-state index contributed by atoms with van der Waals surface area (Å²) in [4.78, 5) is 14.6. The summed E-state index contributed by atoms with van der Waals surface area (Å²) in [5, 5.41) is 0. The second kappa shape index (κ2) is 6.89. The van der Waals surface area contributed by atoms with Gasteiger partial charge < -0.3 is 4.74 Å². The highest BCUT2D eigenvalue weighted by Crippen LogP contribution is 2.27. The summed E-state index contributed by atoms with van der Waals surface area (Å²) in [5.41, 5.74) is 0.736. The number of hydrogen-bond donors (Lipinski definition) is 0. The van der Waals surface area contributed by atoms with E-state index in [1.165, 1.54) is 25.7 Å². The van der Waals surface area contributed by atoms with Crippen LogP contribution in [0.25, 0.3) is 0 Å². The molecule has 0 heterocycles. The molecule has 0 bridgehead atoms. The second-order valence-corrected chi connectivity index (χ2v) is 5.90. The third kappa shape index (κ3) is 3.60. The number of ether oxygens (including phenoxy) is 1. The van der Waals surface area contributed by atoms with E-state index >= 15 is 0 Å². The molecule has 20 heavy (non-hydrogen) atoms. The Bertz CT molecular complexity index is 458. The number of carbonyl (C=O) groups excluding carboxylic acids is 1. The molecule has 3 nitrogen and oxygen atoms in total. The summed E-state index contributed by atoms with van der Waals surface area (Å²) in [6.07, 6.45) is 5.10. The highest BCUT2D eigenvalue weighted by molar-refractivity contribution is 5.97. The minimum atomic E-state index is 0.171. The minimum Gasteiger partial charge on any atom is -0.497 e. The van der Waals surface area contributed by atoms with Crippen LogP contribution in [-0.4, -0.2) is 37.4 Å². The quantitative estimate of drug-likeness (QED) is 0.771. The van der Waals surface area contributed by atoms with E-state index in [1.54, 1.807) is 7.11 Å². The van der Waals surface area contributed by atoms with Crippen LogP contribution >= 0.6 is 0 Å². The van der Waals surface area contributed by atoms with E-state index < -0.39 is 0 Å². The number of Topliss-reactive ketones (excluding diaryl/α,β-unsaturated/α-hetero) is 1. The number of carbonyl (C=O) groups is 1. The Labute approximate surface area is 121 Å². The molecular formula is C17H25NO2. The number of hydrogen-bond acceptors (Lipinski definition) is 3. The van der Waals surface area contributed by atoms with E-state index in [0.29, 0.717) is 18.5 Å². The van der Waals surface area contributed by atoms with Crippen LogP contribution in [0.15, 0.2) is 24.3 Å². The minimum absolute atomic E-state index is 0.171. The Morgan fingerprint density at radius 1 is 1.35 bits per heavy atom. The predicted molar refractivity (Wildman–Crippen MR) is 81.4 cm³/mol. The molecule has 1 aromatic carbocycles. The van der Waals surface area contributed by atoms with Crippen LogP contribution in [0, 0.1) is 5.92 Å². The zero-order valence-electron chi connectivity index (χ0n) is 12.8. The van der Waals surface area contributed by atoms with Crippen molar-refractivity contribution in [3.05, 3.63) is 29.8 Å². The number of likely N-dealkylation sites (N-methyl/N-ethyl adjacent to an activating group) is 1. The molecule has 1 aliphatic rings. The average Bonchev–Trinajstić information content (AvgIpc) is 2.47. The van der Waals surface area contributed by atoms with Crippen LogP contribution < -0.4 is 4.74 Å². The lowest BCUT2D eigenvalue weighted by Gasteiger charge is -2.35. The van der Waals surface area contributed by atoms with Gasteiger partial charge >= 0.3 is 0 Å². The molecule has 0 aliphatic heterocycles. The molecule has 0 N–H and O–H groups in total. The standard InChI is InChI=1S/C17H25NO2/c1-13-7-4-5-10-16(13)18(2)12-17(19)14-8-6-9-15(11-14)20-3/h6,8-9,11,13,16H,4-5,7,10,12H2,1-3H3. The van der Waals surface area contributed by atoms with Gasteiger partial charge in [0, 0.05) is 11.6 Å². The normalized spacial score (nSPS) is 22.8. The largest absolute Gasteiger partial charge is 0.497 e. The zero-order valence-corrected chi connectivity index (χ0v) is 12.8. The van der Waals surface area contributed by atoms with Crippen LogP contribution in [0.2, 0.25) is 0 Å². The molecule has 0 radical (unpaired) electrons. The fraction of sp³-hybridized carbons (Fsp3) is 0.588. The van der Waals surface area contributed by atoms with E-state index in [9.17, 15) is 4.79 Å². The smallest absolute Gasteiger partial charge is 0.176 e. The van der Waals surface area contributed by atoms with Crippen molar-refractivity contribution in [2.24, 2.45) is 5.92 Å². The first-order chi connectivity index (χ1) is 9.61. The first-order valence-corrected chi connectivity index (χ1v) is 7.49. The van der Waals surface area contributed by atoms with Gasteiger partial charge in [0.25, 0.3) is 0 Å². The van der Waals surface area contributed by atoms with Gasteiger partial charge in [0.15, 0.2) is 5.78 Å². The van der Waals surface area contributed by atoms with Crippen molar-refractivity contribution in [1.29, 1.82) is 0 Å². The third-order valence-corrected chi connectivity index (χ3v) is 4.42. The van der Waals surface area contributed by atoms with Crippen LogP contribution in [0.5, 0.6) is 5.75 Å². The van der Waals surface area contributed by atoms with Gasteiger partial charge in [-0.1, -0.05) is 31.9 Å². The summed E-state index contributed by atoms with van der Waals surface area (Å²) in [7, 11) is 3.70. The molecule has 1 saturated carbocycles. The third-order valence-electron chi connectivity index (χ3n) is 4.42. The molecule has 0 saturated heterocycles. The van der Waals surface area contributed by atoms with E-state index in [1.807, 2.05) is 24.3 Å². The molecule has 0 spiro atoms. The van der Waals surface area contributed by atoms with Crippen LogP contribution in [0.4, 0.5) is 0 Å². The Balaban J connectivity index is 1.99. The number of benzene rings is 1. The molecule has 3 heteroatoms. The lowest BCUT2D eigenvalue weighted by molar-refractivity contribution is 0.0851. The Morgan fingerprint density at radius 3 is 2.80 bits per heavy atom. The maximum absolute atomic E-state index is 12.4. The van der Waals surface area contributed by atoms with Gasteiger partial charge in [-0.15, -0.1) is 0 Å². The molecule has 0 amide bonds. The topological polar surface area (TPSA) is 29.5 Å². The zero-order chi connectivity index (χ0) is 14.5. The Morgan fingerprint density at radius 2 is 2.10 bits per heavy atom. The molecule has 1 fully saturated rings. The molecule has 2 unspecified atom stereocenters. The van der Waals surface area contributed by atoms with E-state index in [-0.39, 0.29) is 5.78 Å². The highest BCUT2D eigenvalue weighted by atomic mass is 16.5. The molecule has 2 atom stereocenters. The maximum Gasteiger partial charge on any atom is 0.176 e. The summed E-state index contributed by atoms with van der Waals surface area (Å²) < 4.78 is 5.18. The lowest BCUT2D eigenvalue weighted by Crippen LogP contribution is -2.41. The average molecular weight is 275 g/mol. The summed E-state index contributed by atoms with van der Waals surface area (Å²) in [6, 6.07) is 7.96. The van der Waals surface area contributed by atoms with Crippen LogP contribution in [-0.2, 0) is 0 Å². The summed E-state index contributed by atoms with van der Waals surface area (Å²) in [6.45, 7) is 2.79. The van der Waals surface area contributed by atoms with Crippen molar-refractivity contribution in [2.45, 2.75) is 38.6 Å². The van der Waals surface area contributed by atoms with Crippen molar-refractivity contribution in [3.8, 4) is 5.75 Å². The first kappa shape index (κ1) is 15.0. The van der Waals surface area contributed by atoms with Gasteiger partial charge in [0.2, 0.25) is 0 Å². The molecule has 1 aliphatic carbocycles. The summed E-state index contributed by atoms with van der Waals surface area (Å²) >= 11 is 0. The molecular weight excluding hydrogens is 250 g/mol. The van der Waals surface area contributed by atoms with Gasteiger partial charge in [-0.3, -0.25) is 9.69 Å². The monoisotopic (exact) mass is 275 g/mol. The Kier molecular flexibility index (Phi) is 5.18. The summed E-state index contributed by atoms with van der Waals surface area (Å²) in [5.74, 6) is 1.60. The predicted octanol–water partition coefficient (Wildman–Crippen LogP) is 3.39. The van der Waals surface area contributed by atoms with E-state index in [0.717, 1.165) is 11.3 Å². The lowest BCUT2D eigenvalue weighted by atomic mass is 9.85. The van der Waals surface area contributed by atoms with Crippen molar-refractivity contribution in [2.75, 3.05) is 20.7 Å². The van der Waals surface area contributed by atoms with Crippen molar-refractivity contribution in [1.82, 2.24) is 4.90 Å². The molecule has 1 aromatic rings. The second-order valence-electron chi connectivity index (χ2n) is 5.90. The fourth-order valence-electron chi connectivity index (χ4n) is 3.18. The van der Waals surface area contributed by atoms with Gasteiger partial charge in [-0.05, 0) is 37.9 Å². The van der Waals surface area contributed by atoms with E-state index in [4.69, 9.17) is 4.74 Å². The van der Waals surface area contributed by atoms with Gasteiger partial charge in [-0.2, -0.15) is 0 Å². The van der Waals surface area contributed by atoms with Crippen molar-refractivity contribution < 1.29 is 9.53 Å². The SMILES string of the molecule is COc1cccc(C(=O)CN(C)C2CCCCC2C)c1. The van der Waals surface area contributed by atoms with Gasteiger partial charge in [-0.25, -0.2) is 0 Å². The van der Waals surface area contributed by atoms with Crippen LogP contribution in [0.3, 0.4) is 0 Å². The van der Waals surface area contributed by atoms with E-state index in [2.05, 4.69) is 18.9 Å². The number of ketones is 1. The Hall–Kier alpha value is -1.35.